The standard InChI is InChI=1S/C4H9BFN/c5-7-2-1-4(6)3-7/h4H,1-3,5H2. The molecule has 1 atom stereocenters. The van der Waals surface area contributed by atoms with Gasteiger partial charge in [-0.1, -0.05) is 0 Å². The van der Waals surface area contributed by atoms with Crippen molar-refractivity contribution >= 4 is 7.98 Å². The lowest BCUT2D eigenvalue weighted by Gasteiger charge is -2.02. The Bertz CT molecular complexity index is 60.7. The van der Waals surface area contributed by atoms with Crippen molar-refractivity contribution in [3.05, 3.63) is 0 Å². The normalized spacial score (nSPS) is 34.1. The summed E-state index contributed by atoms with van der Waals surface area (Å²) in [4.78, 5) is 2.00. The zero-order valence-corrected chi connectivity index (χ0v) is 4.52. The summed E-state index contributed by atoms with van der Waals surface area (Å²) < 4.78 is 12.1. The zero-order chi connectivity index (χ0) is 5.28. The monoisotopic (exact) mass is 101 g/mol. The second kappa shape index (κ2) is 1.82. The smallest absolute Gasteiger partial charge is 0.185 e. The third-order valence-electron chi connectivity index (χ3n) is 1.33. The van der Waals surface area contributed by atoms with Gasteiger partial charge in [-0.2, -0.15) is 0 Å². The molecule has 1 heterocycles. The Balaban J connectivity index is 2.26. The van der Waals surface area contributed by atoms with Crippen LogP contribution in [-0.2, 0) is 0 Å². The number of nitrogens with zero attached hydrogens (tertiary/aromatic N) is 1. The van der Waals surface area contributed by atoms with Gasteiger partial charge in [0.2, 0.25) is 0 Å². The molecule has 1 fully saturated rings. The lowest BCUT2D eigenvalue weighted by molar-refractivity contribution is 0.347. The van der Waals surface area contributed by atoms with E-state index in [4.69, 9.17) is 0 Å². The van der Waals surface area contributed by atoms with E-state index in [1.165, 1.54) is 0 Å². The Morgan fingerprint density at radius 2 is 2.43 bits per heavy atom. The third kappa shape index (κ3) is 1.16. The zero-order valence-electron chi connectivity index (χ0n) is 4.52. The van der Waals surface area contributed by atoms with E-state index in [-0.39, 0.29) is 0 Å². The molecule has 0 radical (unpaired) electrons. The van der Waals surface area contributed by atoms with Crippen molar-refractivity contribution in [2.75, 3.05) is 13.1 Å². The topological polar surface area (TPSA) is 3.24 Å². The lowest BCUT2D eigenvalue weighted by Crippen LogP contribution is -2.16. The number of hydrogen-bond acceptors (Lipinski definition) is 1. The highest BCUT2D eigenvalue weighted by Crippen LogP contribution is 2.07. The Morgan fingerprint density at radius 1 is 1.71 bits per heavy atom. The molecule has 3 heteroatoms. The van der Waals surface area contributed by atoms with Crippen LogP contribution in [0.25, 0.3) is 0 Å². The van der Waals surface area contributed by atoms with Gasteiger partial charge in [0.25, 0.3) is 0 Å². The molecule has 0 N–H and O–H groups in total. The van der Waals surface area contributed by atoms with Crippen LogP contribution in [0.1, 0.15) is 6.42 Å². The van der Waals surface area contributed by atoms with E-state index < -0.39 is 6.17 Å². The van der Waals surface area contributed by atoms with Gasteiger partial charge in [0, 0.05) is 6.54 Å². The van der Waals surface area contributed by atoms with Gasteiger partial charge in [-0.3, -0.25) is 0 Å². The first-order valence-electron chi connectivity index (χ1n) is 2.61. The summed E-state index contributed by atoms with van der Waals surface area (Å²) in [5, 5.41) is 0. The molecule has 0 saturated carbocycles. The van der Waals surface area contributed by atoms with Gasteiger partial charge in [0.1, 0.15) is 6.17 Å². The highest BCUT2D eigenvalue weighted by molar-refractivity contribution is 6.04. The Kier molecular flexibility index (Phi) is 1.33. The molecule has 0 amide bonds. The van der Waals surface area contributed by atoms with Crippen molar-refractivity contribution in [1.29, 1.82) is 0 Å². The van der Waals surface area contributed by atoms with Crippen LogP contribution in [0.4, 0.5) is 4.39 Å². The van der Waals surface area contributed by atoms with Gasteiger partial charge < -0.3 is 4.81 Å². The molecule has 1 aliphatic rings. The molecule has 0 aromatic carbocycles. The number of alkyl halides is 1. The summed E-state index contributed by atoms with van der Waals surface area (Å²) in [7, 11) is 1.94. The SMILES string of the molecule is BN1CCC(F)C1. The van der Waals surface area contributed by atoms with Gasteiger partial charge in [0.15, 0.2) is 7.98 Å². The molecule has 1 rings (SSSR count). The molecule has 0 bridgehead atoms. The van der Waals surface area contributed by atoms with Gasteiger partial charge in [-0.15, -0.1) is 0 Å². The van der Waals surface area contributed by atoms with Crippen LogP contribution in [0, 0.1) is 0 Å². The summed E-state index contributed by atoms with van der Waals surface area (Å²) in [5.74, 6) is 0. The van der Waals surface area contributed by atoms with Crippen LogP contribution in [-0.4, -0.2) is 32.1 Å². The van der Waals surface area contributed by atoms with Crippen LogP contribution in [0.5, 0.6) is 0 Å². The van der Waals surface area contributed by atoms with E-state index in [2.05, 4.69) is 0 Å². The van der Waals surface area contributed by atoms with Crippen molar-refractivity contribution in [3.8, 4) is 0 Å². The maximum Gasteiger partial charge on any atom is 0.185 e. The van der Waals surface area contributed by atoms with Crippen molar-refractivity contribution in [1.82, 2.24) is 4.81 Å². The molecule has 0 aromatic heterocycles. The molecule has 40 valence electrons. The summed E-state index contributed by atoms with van der Waals surface area (Å²) in [6, 6.07) is 0. The predicted molar refractivity (Wildman–Crippen MR) is 29.6 cm³/mol. The Hall–Kier alpha value is -0.0451. The van der Waals surface area contributed by atoms with E-state index in [0.29, 0.717) is 6.54 Å². The van der Waals surface area contributed by atoms with Crippen LogP contribution in [0.15, 0.2) is 0 Å². The minimum absolute atomic E-state index is 0.551. The highest BCUT2D eigenvalue weighted by atomic mass is 19.1. The molecular formula is C4H9BFN. The molecule has 1 nitrogen and oxygen atoms in total. The van der Waals surface area contributed by atoms with Gasteiger partial charge in [-0.05, 0) is 13.0 Å². The van der Waals surface area contributed by atoms with Crippen molar-refractivity contribution in [2.45, 2.75) is 12.6 Å². The maximum absolute atomic E-state index is 12.1. The molecule has 0 aromatic rings. The fourth-order valence-corrected chi connectivity index (χ4v) is 0.881. The second-order valence-electron chi connectivity index (χ2n) is 2.15. The fourth-order valence-electron chi connectivity index (χ4n) is 0.881. The molecule has 0 aliphatic carbocycles. The maximum atomic E-state index is 12.1. The summed E-state index contributed by atoms with van der Waals surface area (Å²) in [6.07, 6.45) is 0.182. The van der Waals surface area contributed by atoms with Crippen molar-refractivity contribution in [2.24, 2.45) is 0 Å². The first-order chi connectivity index (χ1) is 3.29. The van der Waals surface area contributed by atoms with E-state index in [9.17, 15) is 4.39 Å². The quantitative estimate of drug-likeness (QED) is 0.374. The first kappa shape index (κ1) is 5.10. The van der Waals surface area contributed by atoms with Crippen molar-refractivity contribution in [3.63, 3.8) is 0 Å². The third-order valence-corrected chi connectivity index (χ3v) is 1.33. The van der Waals surface area contributed by atoms with Gasteiger partial charge in [-0.25, -0.2) is 4.39 Å². The van der Waals surface area contributed by atoms with Gasteiger partial charge >= 0.3 is 0 Å². The average molecular weight is 101 g/mol. The van der Waals surface area contributed by atoms with Crippen LogP contribution in [0.3, 0.4) is 0 Å². The predicted octanol–water partition coefficient (Wildman–Crippen LogP) is -0.422. The van der Waals surface area contributed by atoms with Gasteiger partial charge in [0.05, 0.1) is 0 Å². The minimum Gasteiger partial charge on any atom is -0.346 e. The van der Waals surface area contributed by atoms with Crippen LogP contribution < -0.4 is 0 Å². The number of rotatable bonds is 0. The molecule has 1 unspecified atom stereocenters. The van der Waals surface area contributed by atoms with E-state index in [1.54, 1.807) is 0 Å². The molecular weight excluding hydrogens is 91.9 g/mol. The Labute approximate surface area is 43.9 Å². The van der Waals surface area contributed by atoms with E-state index in [1.807, 2.05) is 12.8 Å². The van der Waals surface area contributed by atoms with E-state index >= 15 is 0 Å². The highest BCUT2D eigenvalue weighted by Gasteiger charge is 2.16. The van der Waals surface area contributed by atoms with Crippen molar-refractivity contribution < 1.29 is 4.39 Å². The number of hydrogen-bond donors (Lipinski definition) is 0. The molecule has 1 saturated heterocycles. The molecule has 7 heavy (non-hydrogen) atoms. The number of halogens is 1. The fraction of sp³-hybridized carbons (Fsp3) is 1.00. The summed E-state index contributed by atoms with van der Waals surface area (Å²) in [5.41, 5.74) is 0. The minimum atomic E-state index is -0.551. The molecule has 1 aliphatic heterocycles. The van der Waals surface area contributed by atoms with Crippen LogP contribution in [0.2, 0.25) is 0 Å². The van der Waals surface area contributed by atoms with Crippen LogP contribution >= 0.6 is 0 Å². The summed E-state index contributed by atoms with van der Waals surface area (Å²) >= 11 is 0. The largest absolute Gasteiger partial charge is 0.346 e. The second-order valence-corrected chi connectivity index (χ2v) is 2.15. The average Bonchev–Trinajstić information content (AvgIpc) is 1.87. The first-order valence-corrected chi connectivity index (χ1v) is 2.61. The molecule has 0 spiro atoms. The lowest BCUT2D eigenvalue weighted by atomic mass is 10.3. The summed E-state index contributed by atoms with van der Waals surface area (Å²) in [6.45, 7) is 1.57. The van der Waals surface area contributed by atoms with E-state index in [0.717, 1.165) is 13.0 Å². The Morgan fingerprint density at radius 3 is 2.57 bits per heavy atom.